The van der Waals surface area contributed by atoms with Gasteiger partial charge in [0.15, 0.2) is 0 Å². The lowest BCUT2D eigenvalue weighted by atomic mass is 9.88. The molecule has 0 bridgehead atoms. The summed E-state index contributed by atoms with van der Waals surface area (Å²) < 4.78 is 33.3. The van der Waals surface area contributed by atoms with E-state index in [1.807, 2.05) is 12.1 Å². The Balaban J connectivity index is 2.63. The van der Waals surface area contributed by atoms with E-state index in [0.29, 0.717) is 0 Å². The van der Waals surface area contributed by atoms with Crippen molar-refractivity contribution < 1.29 is 13.0 Å². The van der Waals surface area contributed by atoms with Crippen molar-refractivity contribution in [2.75, 3.05) is 0 Å². The summed E-state index contributed by atoms with van der Waals surface area (Å²) in [4.78, 5) is 0.105. The number of hydrogen-bond donors (Lipinski definition) is 1. The van der Waals surface area contributed by atoms with Crippen LogP contribution in [-0.2, 0) is 10.1 Å². The molecule has 0 aliphatic heterocycles. The van der Waals surface area contributed by atoms with Crippen LogP contribution in [0, 0.1) is 0 Å². The minimum absolute atomic E-state index is 0.105. The fourth-order valence-corrected chi connectivity index (χ4v) is 4.81. The van der Waals surface area contributed by atoms with Crippen LogP contribution in [0.4, 0.5) is 0 Å². The third-order valence-electron chi connectivity index (χ3n) is 5.70. The molecular formula is C24H42O3S. The Bertz CT molecular complexity index is 610. The monoisotopic (exact) mass is 410 g/mol. The van der Waals surface area contributed by atoms with Crippen molar-refractivity contribution in [3.8, 4) is 0 Å². The third kappa shape index (κ3) is 10.6. The summed E-state index contributed by atoms with van der Waals surface area (Å²) in [5.74, 6) is 0.222. The van der Waals surface area contributed by atoms with Gasteiger partial charge in [-0.1, -0.05) is 116 Å². The average Bonchev–Trinajstić information content (AvgIpc) is 2.67. The van der Waals surface area contributed by atoms with E-state index in [0.717, 1.165) is 31.2 Å². The molecule has 0 fully saturated rings. The van der Waals surface area contributed by atoms with Gasteiger partial charge in [-0.15, -0.1) is 0 Å². The molecule has 0 heterocycles. The Labute approximate surface area is 174 Å². The van der Waals surface area contributed by atoms with Crippen LogP contribution in [0.3, 0.4) is 0 Å². The molecule has 0 saturated carbocycles. The molecule has 1 rings (SSSR count). The molecule has 0 saturated heterocycles. The van der Waals surface area contributed by atoms with Crippen molar-refractivity contribution in [3.05, 3.63) is 29.8 Å². The van der Waals surface area contributed by atoms with Crippen molar-refractivity contribution in [3.63, 3.8) is 0 Å². The fraction of sp³-hybridized carbons (Fsp3) is 0.750. The van der Waals surface area contributed by atoms with Crippen LogP contribution in [0.15, 0.2) is 29.2 Å². The number of unbranched alkanes of at least 4 members (excludes halogenated alkanes) is 11. The van der Waals surface area contributed by atoms with Gasteiger partial charge in [-0.2, -0.15) is 8.42 Å². The van der Waals surface area contributed by atoms with E-state index in [4.69, 9.17) is 0 Å². The molecule has 1 aromatic carbocycles. The van der Waals surface area contributed by atoms with Gasteiger partial charge in [-0.3, -0.25) is 4.55 Å². The summed E-state index contributed by atoms with van der Waals surface area (Å²) in [5, 5.41) is 0. The summed E-state index contributed by atoms with van der Waals surface area (Å²) in [7, 11) is -4.17. The van der Waals surface area contributed by atoms with E-state index in [2.05, 4.69) is 13.8 Å². The molecule has 1 atom stereocenters. The number of hydrogen-bond acceptors (Lipinski definition) is 2. The normalized spacial score (nSPS) is 13.0. The van der Waals surface area contributed by atoms with Gasteiger partial charge in [-0.25, -0.2) is 0 Å². The van der Waals surface area contributed by atoms with Gasteiger partial charge >= 0.3 is 0 Å². The topological polar surface area (TPSA) is 54.4 Å². The zero-order chi connectivity index (χ0) is 20.7. The summed E-state index contributed by atoms with van der Waals surface area (Å²) >= 11 is 0. The van der Waals surface area contributed by atoms with Crippen molar-refractivity contribution in [1.82, 2.24) is 0 Å². The van der Waals surface area contributed by atoms with Crippen molar-refractivity contribution in [1.29, 1.82) is 0 Å². The van der Waals surface area contributed by atoms with Crippen LogP contribution in [0.2, 0.25) is 0 Å². The van der Waals surface area contributed by atoms with Crippen LogP contribution >= 0.6 is 0 Å². The van der Waals surface area contributed by atoms with Gasteiger partial charge < -0.3 is 0 Å². The molecule has 0 radical (unpaired) electrons. The Morgan fingerprint density at radius 2 is 1.14 bits per heavy atom. The summed E-state index contributed by atoms with van der Waals surface area (Å²) in [6.45, 7) is 4.46. The fourth-order valence-electron chi connectivity index (χ4n) is 4.03. The van der Waals surface area contributed by atoms with Crippen molar-refractivity contribution in [2.24, 2.45) is 0 Å². The third-order valence-corrected chi connectivity index (χ3v) is 6.63. The summed E-state index contributed by atoms with van der Waals surface area (Å²) in [6, 6.07) is 7.03. The first-order valence-corrected chi connectivity index (χ1v) is 13.0. The number of benzene rings is 1. The Hall–Kier alpha value is -0.870. The minimum atomic E-state index is -4.17. The highest BCUT2D eigenvalue weighted by atomic mass is 32.2. The quantitative estimate of drug-likeness (QED) is 0.210. The Kier molecular flexibility index (Phi) is 13.5. The predicted molar refractivity (Wildman–Crippen MR) is 120 cm³/mol. The highest BCUT2D eigenvalue weighted by Crippen LogP contribution is 2.33. The molecular weight excluding hydrogens is 368 g/mol. The summed E-state index contributed by atoms with van der Waals surface area (Å²) in [5.41, 5.74) is 0.810. The second kappa shape index (κ2) is 15.0. The molecule has 0 aliphatic carbocycles. The molecule has 1 unspecified atom stereocenters. The maximum atomic E-state index is 11.8. The first-order chi connectivity index (χ1) is 13.5. The molecule has 1 aromatic rings. The van der Waals surface area contributed by atoms with Gasteiger partial charge in [0, 0.05) is 0 Å². The first kappa shape index (κ1) is 25.2. The van der Waals surface area contributed by atoms with Crippen LogP contribution < -0.4 is 0 Å². The first-order valence-electron chi connectivity index (χ1n) is 11.6. The number of rotatable bonds is 17. The van der Waals surface area contributed by atoms with E-state index in [1.54, 1.807) is 12.1 Å². The van der Waals surface area contributed by atoms with E-state index in [1.165, 1.54) is 70.6 Å². The molecule has 0 spiro atoms. The SMILES string of the molecule is CCCCCCCCCC(CCCCCCCC)c1ccccc1S(=O)(=O)O. The van der Waals surface area contributed by atoms with Gasteiger partial charge in [0.2, 0.25) is 0 Å². The van der Waals surface area contributed by atoms with E-state index in [9.17, 15) is 13.0 Å². The van der Waals surface area contributed by atoms with E-state index < -0.39 is 10.1 Å². The maximum absolute atomic E-state index is 11.8. The van der Waals surface area contributed by atoms with Crippen LogP contribution in [0.5, 0.6) is 0 Å². The molecule has 0 aliphatic rings. The van der Waals surface area contributed by atoms with Crippen LogP contribution in [-0.4, -0.2) is 13.0 Å². The lowest BCUT2D eigenvalue weighted by Crippen LogP contribution is -2.08. The van der Waals surface area contributed by atoms with Gasteiger partial charge in [0.25, 0.3) is 10.1 Å². The molecule has 3 nitrogen and oxygen atoms in total. The van der Waals surface area contributed by atoms with Gasteiger partial charge in [0.1, 0.15) is 0 Å². The molecule has 162 valence electrons. The zero-order valence-corrected chi connectivity index (χ0v) is 19.0. The lowest BCUT2D eigenvalue weighted by Gasteiger charge is -2.20. The minimum Gasteiger partial charge on any atom is -0.282 e. The molecule has 4 heteroatoms. The zero-order valence-electron chi connectivity index (χ0n) is 18.2. The lowest BCUT2D eigenvalue weighted by molar-refractivity contribution is 0.466. The highest BCUT2D eigenvalue weighted by molar-refractivity contribution is 7.85. The largest absolute Gasteiger partial charge is 0.294 e. The Morgan fingerprint density at radius 3 is 1.61 bits per heavy atom. The predicted octanol–water partition coefficient (Wildman–Crippen LogP) is 7.91. The van der Waals surface area contributed by atoms with Crippen LogP contribution in [0.1, 0.15) is 122 Å². The van der Waals surface area contributed by atoms with Crippen LogP contribution in [0.25, 0.3) is 0 Å². The summed E-state index contributed by atoms with van der Waals surface area (Å²) in [6.07, 6.45) is 18.3. The molecule has 0 aromatic heterocycles. The average molecular weight is 411 g/mol. The van der Waals surface area contributed by atoms with Gasteiger partial charge in [-0.05, 0) is 30.4 Å². The standard InChI is InChI=1S/C24H42O3S/c1-3-5-7-9-11-13-15-19-22(18-14-12-10-8-6-4-2)23-20-16-17-21-24(23)28(25,26)27/h16-17,20-22H,3-15,18-19H2,1-2H3,(H,25,26,27). The van der Waals surface area contributed by atoms with Crippen molar-refractivity contribution >= 4 is 10.1 Å². The molecule has 1 N–H and O–H groups in total. The second-order valence-electron chi connectivity index (χ2n) is 8.18. The van der Waals surface area contributed by atoms with Crippen molar-refractivity contribution in [2.45, 2.75) is 121 Å². The smallest absolute Gasteiger partial charge is 0.282 e. The highest BCUT2D eigenvalue weighted by Gasteiger charge is 2.21. The molecule has 28 heavy (non-hydrogen) atoms. The van der Waals surface area contributed by atoms with Gasteiger partial charge in [0.05, 0.1) is 4.90 Å². The maximum Gasteiger partial charge on any atom is 0.294 e. The second-order valence-corrected chi connectivity index (χ2v) is 9.57. The van der Waals surface area contributed by atoms with E-state index in [-0.39, 0.29) is 10.8 Å². The van der Waals surface area contributed by atoms with E-state index >= 15 is 0 Å². The Morgan fingerprint density at radius 1 is 0.714 bits per heavy atom. The molecule has 0 amide bonds.